The molecule has 0 bridgehead atoms. The van der Waals surface area contributed by atoms with Crippen molar-refractivity contribution in [1.82, 2.24) is 4.57 Å². The highest BCUT2D eigenvalue weighted by Crippen LogP contribution is 2.11. The lowest BCUT2D eigenvalue weighted by Crippen LogP contribution is -2.24. The molecule has 0 aliphatic heterocycles. The Balaban J connectivity index is 2.49. The zero-order valence-electron chi connectivity index (χ0n) is 11.4. The van der Waals surface area contributed by atoms with Crippen LogP contribution in [0.3, 0.4) is 0 Å². The molecule has 19 heavy (non-hydrogen) atoms. The highest BCUT2D eigenvalue weighted by atomic mass is 16.1. The van der Waals surface area contributed by atoms with Gasteiger partial charge in [0, 0.05) is 5.69 Å². The van der Waals surface area contributed by atoms with Crippen molar-refractivity contribution in [2.45, 2.75) is 27.3 Å². The van der Waals surface area contributed by atoms with E-state index in [1.165, 1.54) is 11.1 Å². The highest BCUT2D eigenvalue weighted by Gasteiger charge is 2.07. The molecule has 1 aromatic heterocycles. The second kappa shape index (κ2) is 5.11. The van der Waals surface area contributed by atoms with Crippen LogP contribution < -0.4 is 5.56 Å². The van der Waals surface area contributed by atoms with E-state index in [4.69, 9.17) is 5.26 Å². The van der Waals surface area contributed by atoms with Gasteiger partial charge in [0.25, 0.3) is 5.56 Å². The summed E-state index contributed by atoms with van der Waals surface area (Å²) in [7, 11) is 0. The number of rotatable bonds is 2. The molecule has 0 amide bonds. The first-order chi connectivity index (χ1) is 9.01. The van der Waals surface area contributed by atoms with Crippen LogP contribution in [0.25, 0.3) is 0 Å². The van der Waals surface area contributed by atoms with Gasteiger partial charge in [-0.1, -0.05) is 29.3 Å². The third kappa shape index (κ3) is 2.74. The van der Waals surface area contributed by atoms with Gasteiger partial charge in [-0.15, -0.1) is 0 Å². The van der Waals surface area contributed by atoms with E-state index in [0.717, 1.165) is 11.3 Å². The molecule has 2 aromatic rings. The molecule has 0 saturated heterocycles. The molecule has 0 saturated carbocycles. The molecule has 0 N–H and O–H groups in total. The molecular formula is C16H16N2O. The van der Waals surface area contributed by atoms with Crippen LogP contribution in [0.1, 0.15) is 27.9 Å². The minimum atomic E-state index is -0.221. The van der Waals surface area contributed by atoms with E-state index in [0.29, 0.717) is 6.54 Å². The predicted octanol–water partition coefficient (Wildman–Crippen LogP) is 2.69. The number of aromatic nitrogens is 1. The first kappa shape index (κ1) is 13.1. The van der Waals surface area contributed by atoms with Crippen LogP contribution >= 0.6 is 0 Å². The van der Waals surface area contributed by atoms with Crippen molar-refractivity contribution >= 4 is 0 Å². The molecule has 0 aliphatic carbocycles. The van der Waals surface area contributed by atoms with Crippen molar-refractivity contribution in [2.75, 3.05) is 0 Å². The largest absolute Gasteiger partial charge is 0.307 e. The molecule has 0 atom stereocenters. The van der Waals surface area contributed by atoms with E-state index >= 15 is 0 Å². The number of nitriles is 1. The highest BCUT2D eigenvalue weighted by molar-refractivity contribution is 5.31. The Morgan fingerprint density at radius 2 is 1.74 bits per heavy atom. The molecule has 96 valence electrons. The minimum absolute atomic E-state index is 0.190. The molecule has 0 aliphatic rings. The molecule has 3 heteroatoms. The van der Waals surface area contributed by atoms with Gasteiger partial charge < -0.3 is 4.57 Å². The van der Waals surface area contributed by atoms with Crippen molar-refractivity contribution < 1.29 is 0 Å². The van der Waals surface area contributed by atoms with Crippen LogP contribution in [0.15, 0.2) is 35.1 Å². The minimum Gasteiger partial charge on any atom is -0.307 e. The fourth-order valence-electron chi connectivity index (χ4n) is 2.30. The van der Waals surface area contributed by atoms with Gasteiger partial charge in [-0.25, -0.2) is 0 Å². The lowest BCUT2D eigenvalue weighted by atomic mass is 10.1. The smallest absolute Gasteiger partial charge is 0.268 e. The third-order valence-electron chi connectivity index (χ3n) is 3.14. The lowest BCUT2D eigenvalue weighted by molar-refractivity contribution is 0.726. The summed E-state index contributed by atoms with van der Waals surface area (Å²) >= 11 is 0. The van der Waals surface area contributed by atoms with Crippen LogP contribution in [0.5, 0.6) is 0 Å². The second-order valence-electron chi connectivity index (χ2n) is 4.89. The van der Waals surface area contributed by atoms with Gasteiger partial charge in [0.2, 0.25) is 0 Å². The van der Waals surface area contributed by atoms with Gasteiger partial charge >= 0.3 is 0 Å². The average Bonchev–Trinajstić information content (AvgIpc) is 2.33. The number of benzene rings is 1. The first-order valence-electron chi connectivity index (χ1n) is 6.19. The Labute approximate surface area is 112 Å². The Bertz CT molecular complexity index is 700. The van der Waals surface area contributed by atoms with E-state index in [9.17, 15) is 4.79 Å². The van der Waals surface area contributed by atoms with E-state index in [2.05, 4.69) is 18.2 Å². The normalized spacial score (nSPS) is 10.2. The third-order valence-corrected chi connectivity index (χ3v) is 3.14. The van der Waals surface area contributed by atoms with Crippen molar-refractivity contribution in [3.63, 3.8) is 0 Å². The summed E-state index contributed by atoms with van der Waals surface area (Å²) in [4.78, 5) is 12.1. The van der Waals surface area contributed by atoms with Gasteiger partial charge in [-0.2, -0.15) is 5.26 Å². The number of pyridine rings is 1. The quantitative estimate of drug-likeness (QED) is 0.825. The van der Waals surface area contributed by atoms with Crippen LogP contribution in [-0.2, 0) is 6.54 Å². The van der Waals surface area contributed by atoms with E-state index in [-0.39, 0.29) is 11.1 Å². The molecule has 0 spiro atoms. The zero-order valence-corrected chi connectivity index (χ0v) is 11.4. The van der Waals surface area contributed by atoms with Crippen LogP contribution in [0.4, 0.5) is 0 Å². The Morgan fingerprint density at radius 3 is 2.32 bits per heavy atom. The Hall–Kier alpha value is -2.34. The van der Waals surface area contributed by atoms with Crippen molar-refractivity contribution in [1.29, 1.82) is 5.26 Å². The first-order valence-corrected chi connectivity index (χ1v) is 6.19. The molecule has 1 heterocycles. The van der Waals surface area contributed by atoms with Gasteiger partial charge in [-0.05, 0) is 38.5 Å². The van der Waals surface area contributed by atoms with Gasteiger partial charge in [0.15, 0.2) is 0 Å². The number of hydrogen-bond donors (Lipinski definition) is 0. The predicted molar refractivity (Wildman–Crippen MR) is 75.2 cm³/mol. The van der Waals surface area contributed by atoms with E-state index in [1.807, 2.05) is 32.9 Å². The van der Waals surface area contributed by atoms with Crippen molar-refractivity contribution in [3.05, 3.63) is 68.6 Å². The summed E-state index contributed by atoms with van der Waals surface area (Å²) in [5.74, 6) is 0. The molecule has 0 fully saturated rings. The maximum absolute atomic E-state index is 12.1. The molecule has 3 nitrogen and oxygen atoms in total. The van der Waals surface area contributed by atoms with Crippen LogP contribution in [0, 0.1) is 32.1 Å². The molecule has 0 radical (unpaired) electrons. The van der Waals surface area contributed by atoms with Crippen LogP contribution in [-0.4, -0.2) is 4.57 Å². The monoisotopic (exact) mass is 252 g/mol. The summed E-state index contributed by atoms with van der Waals surface area (Å²) < 4.78 is 1.65. The van der Waals surface area contributed by atoms with E-state index < -0.39 is 0 Å². The zero-order chi connectivity index (χ0) is 14.0. The Kier molecular flexibility index (Phi) is 3.52. The fourth-order valence-corrected chi connectivity index (χ4v) is 2.30. The summed E-state index contributed by atoms with van der Waals surface area (Å²) in [5.41, 5.74) is 4.27. The van der Waals surface area contributed by atoms with Crippen molar-refractivity contribution in [3.8, 4) is 6.07 Å². The molecular weight excluding hydrogens is 236 g/mol. The van der Waals surface area contributed by atoms with Gasteiger partial charge in [0.1, 0.15) is 11.6 Å². The second-order valence-corrected chi connectivity index (χ2v) is 4.89. The van der Waals surface area contributed by atoms with Gasteiger partial charge in [0.05, 0.1) is 6.54 Å². The number of hydrogen-bond acceptors (Lipinski definition) is 2. The van der Waals surface area contributed by atoms with Crippen LogP contribution in [0.2, 0.25) is 0 Å². The Morgan fingerprint density at radius 1 is 1.11 bits per heavy atom. The standard InChI is InChI=1S/C16H16N2O/c1-11-6-12(2)8-14(7-11)10-18-13(3)4-5-15(9-17)16(18)19/h4-8H,10H2,1-3H3. The summed E-state index contributed by atoms with van der Waals surface area (Å²) in [6, 6.07) is 11.6. The SMILES string of the molecule is Cc1cc(C)cc(Cn2c(C)ccc(C#N)c2=O)c1. The topological polar surface area (TPSA) is 45.8 Å². The van der Waals surface area contributed by atoms with Crippen molar-refractivity contribution in [2.24, 2.45) is 0 Å². The summed E-state index contributed by atoms with van der Waals surface area (Å²) in [6.45, 7) is 6.46. The summed E-state index contributed by atoms with van der Waals surface area (Å²) in [5, 5.41) is 8.92. The average molecular weight is 252 g/mol. The maximum Gasteiger partial charge on any atom is 0.268 e. The molecule has 1 aromatic carbocycles. The maximum atomic E-state index is 12.1. The molecule has 0 unspecified atom stereocenters. The number of aryl methyl sites for hydroxylation is 3. The fraction of sp³-hybridized carbons (Fsp3) is 0.250. The summed E-state index contributed by atoms with van der Waals surface area (Å²) in [6.07, 6.45) is 0. The molecule has 2 rings (SSSR count). The van der Waals surface area contributed by atoms with Gasteiger partial charge in [-0.3, -0.25) is 4.79 Å². The lowest BCUT2D eigenvalue weighted by Gasteiger charge is -2.11. The number of nitrogens with zero attached hydrogens (tertiary/aromatic N) is 2. The van der Waals surface area contributed by atoms with E-state index in [1.54, 1.807) is 10.6 Å².